The van der Waals surface area contributed by atoms with E-state index in [2.05, 4.69) is 10.2 Å². The standard InChI is InChI=1S/C14H11F4N3O2/c1-23-11-3-2-9(15)7-5-21(6-8(7)11)10-4-19-20-13(22)12(10)14(16,17)18/h2-4,12H,5-6H2,1H3. The highest BCUT2D eigenvalue weighted by Crippen LogP contribution is 2.41. The molecule has 0 aliphatic carbocycles. The van der Waals surface area contributed by atoms with Gasteiger partial charge in [-0.25, -0.2) is 4.39 Å². The number of hydrogen-bond donors (Lipinski definition) is 0. The van der Waals surface area contributed by atoms with Gasteiger partial charge in [-0.1, -0.05) is 0 Å². The number of methoxy groups -OCH3 is 1. The predicted molar refractivity (Wildman–Crippen MR) is 69.7 cm³/mol. The maximum atomic E-state index is 13.9. The second-order valence-corrected chi connectivity index (χ2v) is 5.15. The topological polar surface area (TPSA) is 54.3 Å². The Morgan fingerprint density at radius 1 is 1.26 bits per heavy atom. The first kappa shape index (κ1) is 15.4. The number of alkyl halides is 3. The smallest absolute Gasteiger partial charge is 0.406 e. The molecular formula is C14H11F4N3O2. The first-order valence-electron chi connectivity index (χ1n) is 6.63. The molecule has 2 heterocycles. The van der Waals surface area contributed by atoms with Crippen molar-refractivity contribution in [2.24, 2.45) is 16.1 Å². The highest BCUT2D eigenvalue weighted by molar-refractivity contribution is 5.83. The maximum Gasteiger partial charge on any atom is 0.406 e. The van der Waals surface area contributed by atoms with Crippen LogP contribution in [0.15, 0.2) is 34.3 Å². The summed E-state index contributed by atoms with van der Waals surface area (Å²) < 4.78 is 58.5. The number of fused-ring (bicyclic) bond motifs is 1. The number of benzene rings is 1. The molecule has 0 aromatic heterocycles. The molecule has 23 heavy (non-hydrogen) atoms. The van der Waals surface area contributed by atoms with Crippen LogP contribution in [0.4, 0.5) is 17.6 Å². The molecule has 1 unspecified atom stereocenters. The fourth-order valence-corrected chi connectivity index (χ4v) is 2.77. The summed E-state index contributed by atoms with van der Waals surface area (Å²) in [5, 5.41) is 6.29. The van der Waals surface area contributed by atoms with Gasteiger partial charge in [0.15, 0.2) is 5.92 Å². The van der Waals surface area contributed by atoms with Crippen LogP contribution in [0.3, 0.4) is 0 Å². The number of ether oxygens (including phenoxy) is 1. The number of azo groups is 1. The highest BCUT2D eigenvalue weighted by atomic mass is 19.4. The number of nitrogens with zero attached hydrogens (tertiary/aromatic N) is 3. The molecule has 1 amide bonds. The fourth-order valence-electron chi connectivity index (χ4n) is 2.77. The quantitative estimate of drug-likeness (QED) is 0.783. The van der Waals surface area contributed by atoms with Gasteiger partial charge in [0.25, 0.3) is 5.91 Å². The monoisotopic (exact) mass is 329 g/mol. The second-order valence-electron chi connectivity index (χ2n) is 5.15. The molecule has 0 saturated carbocycles. The van der Waals surface area contributed by atoms with Crippen LogP contribution in [-0.4, -0.2) is 24.1 Å². The SMILES string of the molecule is COc1ccc(F)c2c1CN(C1=CN=NC(=O)C1C(F)(F)F)C2. The number of carbonyl (C=O) groups excluding carboxylic acids is 1. The highest BCUT2D eigenvalue weighted by Gasteiger charge is 2.51. The molecule has 2 aliphatic rings. The van der Waals surface area contributed by atoms with Crippen LogP contribution in [0.5, 0.6) is 5.75 Å². The van der Waals surface area contributed by atoms with Gasteiger partial charge in [0.05, 0.1) is 19.0 Å². The lowest BCUT2D eigenvalue weighted by molar-refractivity contribution is -0.177. The minimum Gasteiger partial charge on any atom is -0.496 e. The number of carbonyl (C=O) groups is 1. The van der Waals surface area contributed by atoms with E-state index < -0.39 is 23.8 Å². The summed E-state index contributed by atoms with van der Waals surface area (Å²) >= 11 is 0. The Kier molecular flexibility index (Phi) is 3.57. The summed E-state index contributed by atoms with van der Waals surface area (Å²) in [7, 11) is 1.40. The molecule has 0 N–H and O–H groups in total. The molecule has 0 saturated heterocycles. The number of rotatable bonds is 2. The van der Waals surface area contributed by atoms with E-state index >= 15 is 0 Å². The molecular weight excluding hydrogens is 318 g/mol. The van der Waals surface area contributed by atoms with Crippen molar-refractivity contribution in [1.82, 2.24) is 4.90 Å². The van der Waals surface area contributed by atoms with Gasteiger partial charge in [0, 0.05) is 24.2 Å². The van der Waals surface area contributed by atoms with E-state index in [1.165, 1.54) is 24.1 Å². The molecule has 2 aliphatic heterocycles. The van der Waals surface area contributed by atoms with Gasteiger partial charge < -0.3 is 9.64 Å². The van der Waals surface area contributed by atoms with Gasteiger partial charge in [-0.05, 0) is 12.1 Å². The van der Waals surface area contributed by atoms with E-state index in [-0.39, 0.29) is 24.4 Å². The minimum atomic E-state index is -4.79. The maximum absolute atomic E-state index is 13.9. The van der Waals surface area contributed by atoms with E-state index in [0.29, 0.717) is 11.3 Å². The lowest BCUT2D eigenvalue weighted by Crippen LogP contribution is -2.38. The third-order valence-corrected chi connectivity index (χ3v) is 3.83. The van der Waals surface area contributed by atoms with Crippen molar-refractivity contribution in [3.8, 4) is 5.75 Å². The molecule has 122 valence electrons. The van der Waals surface area contributed by atoms with Gasteiger partial charge >= 0.3 is 6.18 Å². The first-order valence-corrected chi connectivity index (χ1v) is 6.63. The zero-order chi connectivity index (χ0) is 16.8. The Balaban J connectivity index is 1.98. The Bertz CT molecular complexity index is 727. The van der Waals surface area contributed by atoms with Gasteiger partial charge in [-0.15, -0.1) is 5.11 Å². The number of hydrogen-bond acceptors (Lipinski definition) is 4. The predicted octanol–water partition coefficient (Wildman–Crippen LogP) is 3.16. The Morgan fingerprint density at radius 2 is 1.96 bits per heavy atom. The van der Waals surface area contributed by atoms with Crippen LogP contribution >= 0.6 is 0 Å². The van der Waals surface area contributed by atoms with Crippen LogP contribution in [0.1, 0.15) is 11.1 Å². The van der Waals surface area contributed by atoms with E-state index in [9.17, 15) is 22.4 Å². The van der Waals surface area contributed by atoms with E-state index in [0.717, 1.165) is 6.20 Å². The summed E-state index contributed by atoms with van der Waals surface area (Å²) in [5.74, 6) is -3.91. The zero-order valence-electron chi connectivity index (χ0n) is 11.9. The van der Waals surface area contributed by atoms with Crippen molar-refractivity contribution in [3.05, 3.63) is 41.0 Å². The lowest BCUT2D eigenvalue weighted by atomic mass is 10.0. The van der Waals surface area contributed by atoms with Crippen LogP contribution in [0.2, 0.25) is 0 Å². The largest absolute Gasteiger partial charge is 0.496 e. The molecule has 9 heteroatoms. The van der Waals surface area contributed by atoms with Crippen molar-refractivity contribution in [3.63, 3.8) is 0 Å². The Hall–Kier alpha value is -2.45. The van der Waals surface area contributed by atoms with Crippen molar-refractivity contribution in [2.45, 2.75) is 19.3 Å². The molecule has 1 atom stereocenters. The van der Waals surface area contributed by atoms with Crippen LogP contribution in [0, 0.1) is 11.7 Å². The molecule has 3 rings (SSSR count). The lowest BCUT2D eigenvalue weighted by Gasteiger charge is -2.28. The minimum absolute atomic E-state index is 0.00250. The third-order valence-electron chi connectivity index (χ3n) is 3.83. The van der Waals surface area contributed by atoms with Crippen LogP contribution < -0.4 is 4.74 Å². The van der Waals surface area contributed by atoms with Crippen molar-refractivity contribution in [2.75, 3.05) is 7.11 Å². The average Bonchev–Trinajstić information content (AvgIpc) is 2.92. The second kappa shape index (κ2) is 5.32. The van der Waals surface area contributed by atoms with Crippen LogP contribution in [0.25, 0.3) is 0 Å². The summed E-state index contributed by atoms with van der Waals surface area (Å²) in [6.07, 6.45) is -3.89. The first-order chi connectivity index (χ1) is 10.8. The van der Waals surface area contributed by atoms with Gasteiger partial charge in [0.1, 0.15) is 11.6 Å². The van der Waals surface area contributed by atoms with Crippen molar-refractivity contribution in [1.29, 1.82) is 0 Å². The zero-order valence-corrected chi connectivity index (χ0v) is 11.9. The Labute approximate surface area is 128 Å². The van der Waals surface area contributed by atoms with Gasteiger partial charge in [-0.2, -0.15) is 18.3 Å². The number of amides is 1. The van der Waals surface area contributed by atoms with E-state index in [1.807, 2.05) is 0 Å². The normalized spacial score (nSPS) is 20.6. The molecule has 1 aromatic rings. The molecule has 1 aromatic carbocycles. The molecule has 0 bridgehead atoms. The summed E-state index contributed by atoms with van der Waals surface area (Å²) in [5.41, 5.74) is 0.376. The van der Waals surface area contributed by atoms with Gasteiger partial charge in [-0.3, -0.25) is 4.79 Å². The fraction of sp³-hybridized carbons (Fsp3) is 0.357. The molecule has 0 fully saturated rings. The summed E-state index contributed by atoms with van der Waals surface area (Å²) in [6, 6.07) is 2.61. The molecule has 0 spiro atoms. The number of halogens is 4. The third kappa shape index (κ3) is 2.55. The summed E-state index contributed by atoms with van der Waals surface area (Å²) in [6.45, 7) is -0.100. The van der Waals surface area contributed by atoms with Crippen molar-refractivity contribution < 1.29 is 27.1 Å². The molecule has 5 nitrogen and oxygen atoms in total. The molecule has 0 radical (unpaired) electrons. The van der Waals surface area contributed by atoms with Crippen molar-refractivity contribution >= 4 is 5.91 Å². The summed E-state index contributed by atoms with van der Waals surface area (Å²) in [4.78, 5) is 12.8. The van der Waals surface area contributed by atoms with Gasteiger partial charge in [0.2, 0.25) is 0 Å². The Morgan fingerprint density at radius 3 is 2.61 bits per heavy atom. The van der Waals surface area contributed by atoms with E-state index in [1.54, 1.807) is 0 Å². The van der Waals surface area contributed by atoms with E-state index in [4.69, 9.17) is 4.74 Å². The average molecular weight is 329 g/mol. The van der Waals surface area contributed by atoms with Crippen LogP contribution in [-0.2, 0) is 17.9 Å².